The minimum Gasteiger partial charge on any atom is -0.504 e. The zero-order chi connectivity index (χ0) is 21.8. The number of nitrogens with one attached hydrogen (secondary N) is 1. The van der Waals surface area contributed by atoms with E-state index in [1.807, 2.05) is 42.6 Å². The molecule has 0 aliphatic heterocycles. The van der Waals surface area contributed by atoms with Gasteiger partial charge in [-0.1, -0.05) is 29.5 Å². The van der Waals surface area contributed by atoms with Crippen molar-refractivity contribution in [1.82, 2.24) is 9.55 Å². The number of nitrogens with zero attached hydrogens (tertiary/aromatic N) is 4. The molecule has 4 rings (SSSR count). The summed E-state index contributed by atoms with van der Waals surface area (Å²) in [5.74, 6) is -0.278. The normalized spacial score (nSPS) is 12.0. The van der Waals surface area contributed by atoms with Gasteiger partial charge < -0.3 is 15.3 Å². The molecule has 0 aliphatic carbocycles. The van der Waals surface area contributed by atoms with Crippen molar-refractivity contribution in [3.8, 4) is 28.6 Å². The number of phenols is 2. The van der Waals surface area contributed by atoms with Crippen molar-refractivity contribution in [3.05, 3.63) is 63.6 Å². The Kier molecular flexibility index (Phi) is 6.01. The Labute approximate surface area is 185 Å². The number of hydrogen-bond donors (Lipinski definition) is 4. The predicted octanol–water partition coefficient (Wildman–Crippen LogP) is 4.49. The molecule has 158 valence electrons. The molecule has 0 atom stereocenters. The number of benzene rings is 2. The number of phenolic OH excluding ortho intramolecular Hbond substituents is 2. The van der Waals surface area contributed by atoms with Crippen LogP contribution < -0.4 is 10.2 Å². The van der Waals surface area contributed by atoms with Crippen LogP contribution in [0.2, 0.25) is 0 Å². The fourth-order valence-electron chi connectivity index (χ4n) is 2.76. The number of anilines is 1. The first-order valence-corrected chi connectivity index (χ1v) is 11.0. The number of thiazole rings is 2. The van der Waals surface area contributed by atoms with Gasteiger partial charge in [-0.05, 0) is 37.3 Å². The Morgan fingerprint density at radius 1 is 1.10 bits per heavy atom. The van der Waals surface area contributed by atoms with Gasteiger partial charge in [-0.2, -0.15) is 0 Å². The SMILES string of the molecule is CCn1c(O)c(C=Nc2ccccc2)sc1=NNc1nc(-c2ccc(O)c(O)c2)cs1. The third-order valence-electron chi connectivity index (χ3n) is 4.33. The maximum Gasteiger partial charge on any atom is 0.212 e. The lowest BCUT2D eigenvalue weighted by Gasteiger charge is -2.00. The van der Waals surface area contributed by atoms with Crippen LogP contribution in [0.25, 0.3) is 11.3 Å². The van der Waals surface area contributed by atoms with E-state index in [2.05, 4.69) is 20.5 Å². The molecular weight excluding hydrogens is 434 g/mol. The predicted molar refractivity (Wildman–Crippen MR) is 123 cm³/mol. The van der Waals surface area contributed by atoms with E-state index in [1.165, 1.54) is 34.8 Å². The molecule has 10 heteroatoms. The van der Waals surface area contributed by atoms with Crippen LogP contribution in [0.5, 0.6) is 17.4 Å². The zero-order valence-electron chi connectivity index (χ0n) is 16.4. The fraction of sp³-hybridized carbons (Fsp3) is 0.0952. The summed E-state index contributed by atoms with van der Waals surface area (Å²) in [4.78, 5) is 10.0. The van der Waals surface area contributed by atoms with Gasteiger partial charge in [0, 0.05) is 17.5 Å². The van der Waals surface area contributed by atoms with E-state index in [-0.39, 0.29) is 17.4 Å². The van der Waals surface area contributed by atoms with E-state index >= 15 is 0 Å². The van der Waals surface area contributed by atoms with Gasteiger partial charge in [-0.15, -0.1) is 16.4 Å². The zero-order valence-corrected chi connectivity index (χ0v) is 18.1. The molecule has 2 aromatic carbocycles. The molecule has 4 N–H and O–H groups in total. The molecule has 8 nitrogen and oxygen atoms in total. The number of aliphatic imine (C=N–C) groups is 1. The van der Waals surface area contributed by atoms with E-state index in [4.69, 9.17) is 0 Å². The number of rotatable bonds is 6. The van der Waals surface area contributed by atoms with Crippen LogP contribution in [0.1, 0.15) is 11.8 Å². The molecule has 0 saturated heterocycles. The Hall–Kier alpha value is -3.63. The van der Waals surface area contributed by atoms with Gasteiger partial charge in [0.25, 0.3) is 0 Å². The van der Waals surface area contributed by atoms with Crippen molar-refractivity contribution < 1.29 is 15.3 Å². The summed E-state index contributed by atoms with van der Waals surface area (Å²) in [6, 6.07) is 14.0. The quantitative estimate of drug-likeness (QED) is 0.195. The van der Waals surface area contributed by atoms with Crippen LogP contribution >= 0.6 is 22.7 Å². The van der Waals surface area contributed by atoms with Crippen LogP contribution in [-0.4, -0.2) is 31.1 Å². The molecule has 0 amide bonds. The molecule has 0 fully saturated rings. The highest BCUT2D eigenvalue weighted by Gasteiger charge is 2.11. The smallest absolute Gasteiger partial charge is 0.212 e. The highest BCUT2D eigenvalue weighted by atomic mass is 32.1. The van der Waals surface area contributed by atoms with Crippen molar-refractivity contribution in [3.63, 3.8) is 0 Å². The second-order valence-electron chi connectivity index (χ2n) is 6.38. The number of para-hydroxylation sites is 1. The van der Waals surface area contributed by atoms with E-state index in [0.29, 0.717) is 32.6 Å². The molecular formula is C21H19N5O3S2. The van der Waals surface area contributed by atoms with Crippen LogP contribution in [0.3, 0.4) is 0 Å². The van der Waals surface area contributed by atoms with Gasteiger partial charge in [0.1, 0.15) is 4.88 Å². The van der Waals surface area contributed by atoms with Crippen molar-refractivity contribution >= 4 is 39.7 Å². The Bertz CT molecular complexity index is 1290. The second-order valence-corrected chi connectivity index (χ2v) is 8.24. The number of hydrogen-bond acceptors (Lipinski definition) is 9. The van der Waals surface area contributed by atoms with E-state index in [9.17, 15) is 15.3 Å². The lowest BCUT2D eigenvalue weighted by atomic mass is 10.1. The maximum absolute atomic E-state index is 10.5. The van der Waals surface area contributed by atoms with Gasteiger partial charge in [0.2, 0.25) is 15.8 Å². The van der Waals surface area contributed by atoms with E-state index in [1.54, 1.807) is 16.8 Å². The Morgan fingerprint density at radius 2 is 1.90 bits per heavy atom. The van der Waals surface area contributed by atoms with Gasteiger partial charge in [-0.25, -0.2) is 10.4 Å². The second kappa shape index (κ2) is 9.02. The molecule has 0 spiro atoms. The average molecular weight is 454 g/mol. The standard InChI is InChI=1S/C21H19N5O3S2/c1-2-26-19(29)18(11-22-14-6-4-3-5-7-14)31-21(26)25-24-20-23-15(12-30-20)13-8-9-16(27)17(28)10-13/h3-12,27-29H,2H2,1H3,(H,23,24). The minimum absolute atomic E-state index is 0.104. The lowest BCUT2D eigenvalue weighted by Crippen LogP contribution is -2.14. The van der Waals surface area contributed by atoms with Crippen molar-refractivity contribution in [2.75, 3.05) is 5.43 Å². The summed E-state index contributed by atoms with van der Waals surface area (Å²) in [5.41, 5.74) is 5.04. The number of aromatic hydroxyl groups is 3. The fourth-order valence-corrected chi connectivity index (χ4v) is 4.34. The molecule has 0 radical (unpaired) electrons. The largest absolute Gasteiger partial charge is 0.504 e. The van der Waals surface area contributed by atoms with Crippen LogP contribution in [0.15, 0.2) is 64.0 Å². The van der Waals surface area contributed by atoms with Crippen molar-refractivity contribution in [2.45, 2.75) is 13.5 Å². The van der Waals surface area contributed by atoms with Gasteiger partial charge in [-0.3, -0.25) is 9.56 Å². The molecule has 0 saturated carbocycles. The Morgan fingerprint density at radius 3 is 2.65 bits per heavy atom. The monoisotopic (exact) mass is 453 g/mol. The summed E-state index contributed by atoms with van der Waals surface area (Å²) in [5, 5.41) is 36.4. The summed E-state index contributed by atoms with van der Waals surface area (Å²) < 4.78 is 1.68. The van der Waals surface area contributed by atoms with E-state index < -0.39 is 0 Å². The average Bonchev–Trinajstić information content (AvgIpc) is 3.37. The van der Waals surface area contributed by atoms with Crippen molar-refractivity contribution in [2.24, 2.45) is 10.1 Å². The summed E-state index contributed by atoms with van der Waals surface area (Å²) in [6.45, 7) is 2.46. The Balaban J connectivity index is 1.57. The highest BCUT2D eigenvalue weighted by molar-refractivity contribution is 7.14. The summed E-state index contributed by atoms with van der Waals surface area (Å²) in [7, 11) is 0. The van der Waals surface area contributed by atoms with Crippen LogP contribution in [0.4, 0.5) is 10.8 Å². The topological polar surface area (TPSA) is 115 Å². The third-order valence-corrected chi connectivity index (χ3v) is 6.08. The number of aromatic nitrogens is 2. The van der Waals surface area contributed by atoms with Crippen molar-refractivity contribution in [1.29, 1.82) is 0 Å². The molecule has 2 heterocycles. The van der Waals surface area contributed by atoms with Gasteiger partial charge in [0.05, 0.1) is 17.6 Å². The molecule has 2 aromatic heterocycles. The van der Waals surface area contributed by atoms with Gasteiger partial charge >= 0.3 is 0 Å². The van der Waals surface area contributed by atoms with Crippen LogP contribution in [-0.2, 0) is 6.54 Å². The third kappa shape index (κ3) is 4.60. The molecule has 0 aliphatic rings. The molecule has 0 bridgehead atoms. The molecule has 0 unspecified atom stereocenters. The molecule has 31 heavy (non-hydrogen) atoms. The van der Waals surface area contributed by atoms with E-state index in [0.717, 1.165) is 5.69 Å². The summed E-state index contributed by atoms with van der Waals surface area (Å²) >= 11 is 2.66. The molecule has 4 aromatic rings. The summed E-state index contributed by atoms with van der Waals surface area (Å²) in [6.07, 6.45) is 1.62. The lowest BCUT2D eigenvalue weighted by molar-refractivity contribution is 0.404. The minimum atomic E-state index is -0.201. The van der Waals surface area contributed by atoms with Crippen LogP contribution in [0, 0.1) is 0 Å². The first-order valence-electron chi connectivity index (χ1n) is 9.34. The highest BCUT2D eigenvalue weighted by Crippen LogP contribution is 2.32. The first kappa shape index (κ1) is 20.6. The first-order chi connectivity index (χ1) is 15.0. The maximum atomic E-state index is 10.5. The van der Waals surface area contributed by atoms with Gasteiger partial charge in [0.15, 0.2) is 11.5 Å².